The van der Waals surface area contributed by atoms with E-state index in [2.05, 4.69) is 33.4 Å². The summed E-state index contributed by atoms with van der Waals surface area (Å²) < 4.78 is 36.3. The molecule has 2 fully saturated rings. The van der Waals surface area contributed by atoms with Crippen molar-refractivity contribution >= 4 is 10.1 Å². The third-order valence-corrected chi connectivity index (χ3v) is 9.97. The monoisotopic (exact) mass is 458 g/mol. The molecule has 4 nitrogen and oxygen atoms in total. The van der Waals surface area contributed by atoms with E-state index in [0.717, 1.165) is 19.3 Å². The number of benzene rings is 1. The molecule has 0 heterocycles. The van der Waals surface area contributed by atoms with Crippen molar-refractivity contribution in [1.82, 2.24) is 0 Å². The highest BCUT2D eigenvalue weighted by Gasteiger charge is 2.47. The van der Waals surface area contributed by atoms with Gasteiger partial charge in [-0.3, -0.25) is 4.18 Å². The minimum Gasteiger partial charge on any atom is -0.497 e. The molecular formula is C27H38O4S. The Kier molecular flexibility index (Phi) is 6.61. The fraction of sp³-hybridized carbons (Fsp3) is 0.630. The van der Waals surface area contributed by atoms with Gasteiger partial charge < -0.3 is 4.74 Å². The Balaban J connectivity index is 1.48. The first kappa shape index (κ1) is 23.6. The van der Waals surface area contributed by atoms with Gasteiger partial charge in [0.25, 0.3) is 10.1 Å². The van der Waals surface area contributed by atoms with Gasteiger partial charge in [0.05, 0.1) is 18.6 Å². The van der Waals surface area contributed by atoms with Gasteiger partial charge >= 0.3 is 0 Å². The van der Waals surface area contributed by atoms with Crippen LogP contribution in [0, 0.1) is 35.0 Å². The Morgan fingerprint density at radius 1 is 1.16 bits per heavy atom. The van der Waals surface area contributed by atoms with E-state index in [-0.39, 0.29) is 16.9 Å². The molecule has 0 amide bonds. The molecule has 1 aromatic rings. The second-order valence-corrected chi connectivity index (χ2v) is 12.3. The van der Waals surface area contributed by atoms with Crippen LogP contribution in [0.4, 0.5) is 0 Å². The molecule has 6 atom stereocenters. The van der Waals surface area contributed by atoms with Gasteiger partial charge in [-0.1, -0.05) is 37.6 Å². The molecule has 0 bridgehead atoms. The van der Waals surface area contributed by atoms with Gasteiger partial charge in [-0.2, -0.15) is 8.42 Å². The highest BCUT2D eigenvalue weighted by molar-refractivity contribution is 7.86. The van der Waals surface area contributed by atoms with E-state index in [1.807, 2.05) is 0 Å². The molecule has 3 aliphatic carbocycles. The average Bonchev–Trinajstić information content (AvgIpc) is 2.78. The Labute approximate surface area is 194 Å². The van der Waals surface area contributed by atoms with Gasteiger partial charge in [0, 0.05) is 0 Å². The second-order valence-electron chi connectivity index (χ2n) is 10.6. The van der Waals surface area contributed by atoms with Crippen LogP contribution >= 0.6 is 0 Å². The molecule has 0 aromatic heterocycles. The number of rotatable bonds is 6. The fourth-order valence-electron chi connectivity index (χ4n) is 6.44. The van der Waals surface area contributed by atoms with Crippen molar-refractivity contribution in [2.45, 2.75) is 64.2 Å². The van der Waals surface area contributed by atoms with Crippen molar-refractivity contribution in [3.8, 4) is 5.75 Å². The summed E-state index contributed by atoms with van der Waals surface area (Å²) in [5.74, 6) is 3.30. The number of hydrogen-bond donors (Lipinski definition) is 0. The standard InChI is InChI=1S/C27H38O4S/c1-18(2)27(4)15-14-25-20(16-27)8-13-24-21(7-6-19(3)26(24)25)17-31-32(28,29)23-11-9-22(30-5)10-12-23/h9-12,14,19-21,24,26H,1,6-8,13,15-17H2,2-5H3/t19?,20?,21-,24?,26+,27-/m1/s1. The molecule has 32 heavy (non-hydrogen) atoms. The zero-order valence-electron chi connectivity index (χ0n) is 20.0. The number of methoxy groups -OCH3 is 1. The summed E-state index contributed by atoms with van der Waals surface area (Å²) in [6.07, 6.45) is 9.35. The van der Waals surface area contributed by atoms with Crippen molar-refractivity contribution in [2.24, 2.45) is 35.0 Å². The first-order valence-corrected chi connectivity index (χ1v) is 13.4. The highest BCUT2D eigenvalue weighted by atomic mass is 32.2. The van der Waals surface area contributed by atoms with E-state index in [1.54, 1.807) is 36.9 Å². The van der Waals surface area contributed by atoms with Crippen LogP contribution in [-0.2, 0) is 14.3 Å². The lowest BCUT2D eigenvalue weighted by molar-refractivity contribution is 0.0423. The molecule has 0 spiro atoms. The lowest BCUT2D eigenvalue weighted by atomic mass is 9.53. The van der Waals surface area contributed by atoms with Crippen LogP contribution in [-0.4, -0.2) is 22.1 Å². The first-order chi connectivity index (χ1) is 15.1. The van der Waals surface area contributed by atoms with E-state index < -0.39 is 10.1 Å². The Morgan fingerprint density at radius 2 is 1.88 bits per heavy atom. The molecule has 176 valence electrons. The van der Waals surface area contributed by atoms with Crippen LogP contribution in [0.25, 0.3) is 0 Å². The minimum atomic E-state index is -3.76. The van der Waals surface area contributed by atoms with Crippen molar-refractivity contribution in [2.75, 3.05) is 13.7 Å². The van der Waals surface area contributed by atoms with E-state index >= 15 is 0 Å². The molecule has 3 aliphatic rings. The largest absolute Gasteiger partial charge is 0.497 e. The van der Waals surface area contributed by atoms with E-state index in [4.69, 9.17) is 8.92 Å². The summed E-state index contributed by atoms with van der Waals surface area (Å²) in [5, 5.41) is 0. The van der Waals surface area contributed by atoms with Crippen LogP contribution in [0.3, 0.4) is 0 Å². The molecule has 0 aliphatic heterocycles. The summed E-state index contributed by atoms with van der Waals surface area (Å²) in [4.78, 5) is 0.191. The molecule has 2 saturated carbocycles. The van der Waals surface area contributed by atoms with Crippen molar-refractivity contribution in [3.05, 3.63) is 48.1 Å². The summed E-state index contributed by atoms with van der Waals surface area (Å²) >= 11 is 0. The molecule has 0 N–H and O–H groups in total. The van der Waals surface area contributed by atoms with Gasteiger partial charge in [-0.05, 0) is 105 Å². The summed E-state index contributed by atoms with van der Waals surface area (Å²) in [6, 6.07) is 6.42. The van der Waals surface area contributed by atoms with Gasteiger partial charge in [0.2, 0.25) is 0 Å². The molecule has 1 aromatic carbocycles. The van der Waals surface area contributed by atoms with Crippen molar-refractivity contribution in [3.63, 3.8) is 0 Å². The van der Waals surface area contributed by atoms with Crippen LogP contribution in [0.5, 0.6) is 5.75 Å². The first-order valence-electron chi connectivity index (χ1n) is 12.0. The molecule has 3 unspecified atom stereocenters. The third kappa shape index (κ3) is 4.43. The predicted molar refractivity (Wildman–Crippen MR) is 128 cm³/mol. The normalized spacial score (nSPS) is 34.8. The van der Waals surface area contributed by atoms with Crippen molar-refractivity contribution in [1.29, 1.82) is 0 Å². The van der Waals surface area contributed by atoms with E-state index in [0.29, 0.717) is 35.3 Å². The minimum absolute atomic E-state index is 0.191. The average molecular weight is 459 g/mol. The zero-order chi connectivity index (χ0) is 23.1. The predicted octanol–water partition coefficient (Wildman–Crippen LogP) is 6.39. The summed E-state index contributed by atoms with van der Waals surface area (Å²) in [7, 11) is -2.20. The second kappa shape index (κ2) is 8.98. The number of fused-ring (bicyclic) bond motifs is 3. The molecular weight excluding hydrogens is 420 g/mol. The number of hydrogen-bond acceptors (Lipinski definition) is 4. The topological polar surface area (TPSA) is 52.6 Å². The van der Waals surface area contributed by atoms with Crippen LogP contribution < -0.4 is 4.74 Å². The maximum Gasteiger partial charge on any atom is 0.296 e. The third-order valence-electron chi connectivity index (χ3n) is 8.68. The van der Waals surface area contributed by atoms with Gasteiger partial charge in [-0.25, -0.2) is 0 Å². The van der Waals surface area contributed by atoms with Crippen LogP contribution in [0.2, 0.25) is 0 Å². The lowest BCUT2D eigenvalue weighted by Crippen LogP contribution is -2.43. The van der Waals surface area contributed by atoms with Crippen LogP contribution in [0.15, 0.2) is 53.0 Å². The summed E-state index contributed by atoms with van der Waals surface area (Å²) in [6.45, 7) is 11.5. The van der Waals surface area contributed by atoms with Gasteiger partial charge in [0.1, 0.15) is 5.75 Å². The Bertz CT molecular complexity index is 977. The Hall–Kier alpha value is -1.59. The molecule has 0 saturated heterocycles. The smallest absolute Gasteiger partial charge is 0.296 e. The Morgan fingerprint density at radius 3 is 2.53 bits per heavy atom. The fourth-order valence-corrected chi connectivity index (χ4v) is 7.40. The molecule has 0 radical (unpaired) electrons. The summed E-state index contributed by atoms with van der Waals surface area (Å²) in [5.41, 5.74) is 3.16. The number of allylic oxidation sites excluding steroid dienone is 3. The molecule has 4 rings (SSSR count). The van der Waals surface area contributed by atoms with Crippen molar-refractivity contribution < 1.29 is 17.3 Å². The SMILES string of the molecule is C=C(C)[C@]1(C)CC=C2C(CCC3[C@@H](COS(=O)(=O)c4ccc(OC)cc4)CCC(C)[C@H]23)C1. The maximum absolute atomic E-state index is 12.8. The maximum atomic E-state index is 12.8. The van der Waals surface area contributed by atoms with E-state index in [1.165, 1.54) is 24.8 Å². The lowest BCUT2D eigenvalue weighted by Gasteiger charge is -2.52. The highest BCUT2D eigenvalue weighted by Crippen LogP contribution is 2.56. The molecule has 5 heteroatoms. The zero-order valence-corrected chi connectivity index (χ0v) is 20.8. The number of ether oxygens (including phenoxy) is 1. The van der Waals surface area contributed by atoms with Crippen LogP contribution in [0.1, 0.15) is 59.3 Å². The quantitative estimate of drug-likeness (QED) is 0.366. The van der Waals surface area contributed by atoms with Gasteiger partial charge in [0.15, 0.2) is 0 Å². The van der Waals surface area contributed by atoms with E-state index in [9.17, 15) is 8.42 Å². The van der Waals surface area contributed by atoms with Gasteiger partial charge in [-0.15, -0.1) is 0 Å².